The number of aromatic nitrogens is 2. The summed E-state index contributed by atoms with van der Waals surface area (Å²) in [7, 11) is 0. The maximum atomic E-state index is 11.9. The van der Waals surface area contributed by atoms with Gasteiger partial charge in [-0.3, -0.25) is 0 Å². The Morgan fingerprint density at radius 2 is 2.04 bits per heavy atom. The van der Waals surface area contributed by atoms with E-state index < -0.39 is 0 Å². The van der Waals surface area contributed by atoms with Crippen LogP contribution in [0.25, 0.3) is 0 Å². The van der Waals surface area contributed by atoms with E-state index in [-0.39, 0.29) is 24.6 Å². The van der Waals surface area contributed by atoms with Crippen LogP contribution in [-0.4, -0.2) is 33.3 Å². The number of carbonyl (C=O) groups is 1. The molecule has 1 aromatic carbocycles. The molecule has 24 heavy (non-hydrogen) atoms. The Bertz CT molecular complexity index is 680. The van der Waals surface area contributed by atoms with Gasteiger partial charge in [0.15, 0.2) is 0 Å². The highest BCUT2D eigenvalue weighted by atomic mass is 16.3. The van der Waals surface area contributed by atoms with Crippen LogP contribution >= 0.6 is 0 Å². The average Bonchev–Trinajstić information content (AvgIpc) is 3.26. The van der Waals surface area contributed by atoms with E-state index in [9.17, 15) is 4.79 Å². The maximum absolute atomic E-state index is 11.9. The van der Waals surface area contributed by atoms with Crippen LogP contribution in [0, 0.1) is 5.92 Å². The summed E-state index contributed by atoms with van der Waals surface area (Å²) >= 11 is 0. The smallest absolute Gasteiger partial charge is 0.315 e. The largest absolute Gasteiger partial charge is 0.396 e. The number of hydrogen-bond donors (Lipinski definition) is 3. The number of hydrogen-bond acceptors (Lipinski definition) is 3. The first-order valence-corrected chi connectivity index (χ1v) is 8.10. The van der Waals surface area contributed by atoms with Gasteiger partial charge in [0.2, 0.25) is 0 Å². The number of benzene rings is 1. The fraction of sp³-hybridized carbons (Fsp3) is 0.333. The Kier molecular flexibility index (Phi) is 5.28. The lowest BCUT2D eigenvalue weighted by atomic mass is 10.1. The number of nitrogens with one attached hydrogen (secondary N) is 2. The van der Waals surface area contributed by atoms with Crippen molar-refractivity contribution in [3.63, 3.8) is 0 Å². The van der Waals surface area contributed by atoms with Gasteiger partial charge in [0, 0.05) is 44.0 Å². The molecule has 1 heterocycles. The minimum Gasteiger partial charge on any atom is -0.396 e. The lowest BCUT2D eigenvalue weighted by Gasteiger charge is -2.13. The van der Waals surface area contributed by atoms with Crippen LogP contribution in [-0.2, 0) is 13.1 Å². The van der Waals surface area contributed by atoms with Crippen molar-refractivity contribution in [2.45, 2.75) is 25.6 Å². The van der Waals surface area contributed by atoms with Crippen LogP contribution in [0.2, 0.25) is 0 Å². The van der Waals surface area contributed by atoms with Crippen molar-refractivity contribution in [2.75, 3.05) is 6.61 Å². The Hall–Kier alpha value is -2.60. The molecule has 0 fully saturated rings. The molecule has 0 spiro atoms. The Labute approximate surface area is 141 Å². The molecule has 0 radical (unpaired) electrons. The summed E-state index contributed by atoms with van der Waals surface area (Å²) in [6, 6.07) is 7.96. The quantitative estimate of drug-likeness (QED) is 0.707. The first-order valence-electron chi connectivity index (χ1n) is 8.10. The van der Waals surface area contributed by atoms with Gasteiger partial charge in [-0.2, -0.15) is 0 Å². The molecule has 3 N–H and O–H groups in total. The van der Waals surface area contributed by atoms with Crippen LogP contribution in [0.4, 0.5) is 4.79 Å². The molecule has 0 saturated carbocycles. The molecule has 0 unspecified atom stereocenters. The molecular weight excluding hydrogens is 304 g/mol. The molecule has 0 saturated heterocycles. The second-order valence-corrected chi connectivity index (χ2v) is 6.05. The van der Waals surface area contributed by atoms with Gasteiger partial charge in [-0.1, -0.05) is 36.4 Å². The first kappa shape index (κ1) is 16.3. The summed E-state index contributed by atoms with van der Waals surface area (Å²) in [6.07, 6.45) is 10.1. The van der Waals surface area contributed by atoms with Crippen LogP contribution < -0.4 is 10.6 Å². The van der Waals surface area contributed by atoms with Crippen LogP contribution in [0.15, 0.2) is 55.1 Å². The van der Waals surface area contributed by atoms with Gasteiger partial charge >= 0.3 is 6.03 Å². The summed E-state index contributed by atoms with van der Waals surface area (Å²) in [5.41, 5.74) is 2.24. The van der Waals surface area contributed by atoms with Crippen LogP contribution in [0.5, 0.6) is 0 Å². The Balaban J connectivity index is 1.43. The first-order chi connectivity index (χ1) is 11.7. The van der Waals surface area contributed by atoms with Crippen LogP contribution in [0.3, 0.4) is 0 Å². The molecular formula is C18H22N4O2. The summed E-state index contributed by atoms with van der Waals surface area (Å²) in [6.45, 7) is 1.40. The molecule has 6 heteroatoms. The molecule has 1 aromatic heterocycles. The van der Waals surface area contributed by atoms with E-state index in [1.807, 2.05) is 35.0 Å². The van der Waals surface area contributed by atoms with Crippen LogP contribution in [0.1, 0.15) is 17.5 Å². The van der Waals surface area contributed by atoms with Crippen molar-refractivity contribution in [3.05, 3.63) is 66.3 Å². The average molecular weight is 326 g/mol. The minimum absolute atomic E-state index is 0.000272. The zero-order valence-corrected chi connectivity index (χ0v) is 13.4. The number of amides is 2. The monoisotopic (exact) mass is 326 g/mol. The molecule has 0 bridgehead atoms. The molecule has 6 nitrogen and oxygen atoms in total. The molecule has 2 amide bonds. The van der Waals surface area contributed by atoms with Gasteiger partial charge in [-0.25, -0.2) is 9.78 Å². The molecule has 2 atom stereocenters. The third-order valence-corrected chi connectivity index (χ3v) is 4.12. The van der Waals surface area contributed by atoms with Gasteiger partial charge in [0.05, 0.1) is 6.33 Å². The summed E-state index contributed by atoms with van der Waals surface area (Å²) in [4.78, 5) is 15.9. The molecule has 1 aliphatic carbocycles. The van der Waals surface area contributed by atoms with Gasteiger partial charge in [-0.05, 0) is 17.5 Å². The lowest BCUT2D eigenvalue weighted by molar-refractivity contribution is 0.231. The van der Waals surface area contributed by atoms with Crippen molar-refractivity contribution in [1.82, 2.24) is 20.2 Å². The Morgan fingerprint density at radius 1 is 1.25 bits per heavy atom. The van der Waals surface area contributed by atoms with E-state index in [2.05, 4.69) is 27.8 Å². The normalized spacial score (nSPS) is 19.4. The van der Waals surface area contributed by atoms with E-state index in [1.54, 1.807) is 12.5 Å². The summed E-state index contributed by atoms with van der Waals surface area (Å²) in [5, 5.41) is 14.8. The highest BCUT2D eigenvalue weighted by Gasteiger charge is 2.19. The fourth-order valence-electron chi connectivity index (χ4n) is 2.77. The third-order valence-electron chi connectivity index (χ3n) is 4.12. The number of imidazole rings is 1. The highest BCUT2D eigenvalue weighted by Crippen LogP contribution is 2.16. The number of aliphatic hydroxyl groups is 1. The fourth-order valence-corrected chi connectivity index (χ4v) is 2.77. The van der Waals surface area contributed by atoms with Crippen molar-refractivity contribution in [2.24, 2.45) is 5.92 Å². The van der Waals surface area contributed by atoms with E-state index in [0.717, 1.165) is 18.5 Å². The molecule has 3 rings (SSSR count). The number of carbonyl (C=O) groups excluding carboxylic acids is 1. The number of aliphatic hydroxyl groups excluding tert-OH is 1. The van der Waals surface area contributed by atoms with Gasteiger partial charge < -0.3 is 20.3 Å². The zero-order chi connectivity index (χ0) is 16.8. The maximum Gasteiger partial charge on any atom is 0.315 e. The van der Waals surface area contributed by atoms with Gasteiger partial charge in [0.1, 0.15) is 0 Å². The van der Waals surface area contributed by atoms with Crippen molar-refractivity contribution in [3.8, 4) is 0 Å². The zero-order valence-electron chi connectivity index (χ0n) is 13.4. The molecule has 126 valence electrons. The van der Waals surface area contributed by atoms with E-state index in [1.165, 1.54) is 5.56 Å². The van der Waals surface area contributed by atoms with E-state index >= 15 is 0 Å². The molecule has 0 aliphatic heterocycles. The second kappa shape index (κ2) is 7.79. The topological polar surface area (TPSA) is 79.2 Å². The van der Waals surface area contributed by atoms with Crippen molar-refractivity contribution >= 4 is 6.03 Å². The van der Waals surface area contributed by atoms with Gasteiger partial charge in [-0.15, -0.1) is 0 Å². The third kappa shape index (κ3) is 4.45. The summed E-state index contributed by atoms with van der Waals surface area (Å²) < 4.78 is 2.01. The lowest BCUT2D eigenvalue weighted by Crippen LogP contribution is -2.40. The SMILES string of the molecule is O=C(NCc1ccc(Cn2ccnc2)cc1)N[C@@H]1C=C[C@H](CO)C1. The number of rotatable bonds is 6. The Morgan fingerprint density at radius 3 is 2.71 bits per heavy atom. The predicted molar refractivity (Wildman–Crippen MR) is 91.3 cm³/mol. The van der Waals surface area contributed by atoms with Crippen molar-refractivity contribution < 1.29 is 9.90 Å². The summed E-state index contributed by atoms with van der Waals surface area (Å²) in [5.74, 6) is 0.151. The molecule has 2 aromatic rings. The van der Waals surface area contributed by atoms with Gasteiger partial charge in [0.25, 0.3) is 0 Å². The predicted octanol–water partition coefficient (Wildman–Crippen LogP) is 1.67. The van der Waals surface area contributed by atoms with Crippen molar-refractivity contribution in [1.29, 1.82) is 0 Å². The standard InChI is InChI=1S/C18H22N4O2/c23-12-16-5-6-17(9-16)21-18(24)20-10-14-1-3-15(4-2-14)11-22-8-7-19-13-22/h1-8,13,16-17,23H,9-12H2,(H2,20,21,24)/t16-,17+/m0/s1. The van der Waals surface area contributed by atoms with E-state index in [4.69, 9.17) is 5.11 Å². The van der Waals surface area contributed by atoms with E-state index in [0.29, 0.717) is 6.54 Å². The number of urea groups is 1. The highest BCUT2D eigenvalue weighted by molar-refractivity contribution is 5.74. The minimum atomic E-state index is -0.189. The second-order valence-electron chi connectivity index (χ2n) is 6.05. The number of nitrogens with zero attached hydrogens (tertiary/aromatic N) is 2. The molecule has 1 aliphatic rings.